The standard InChI is InChI=1S/C20H20INO5S/c21-13-5-7-14(8-6-13)28(25,26)22-16-9-10-17-19(16)15-3-1-2-12(20(15)27-17)4-11-18(23)24/h1-3,5-8,16-17,19,22H,4,9-11H2,(H,23,24). The largest absolute Gasteiger partial charge is 0.489 e. The minimum absolute atomic E-state index is 0.0397. The predicted octanol–water partition coefficient (Wildman–Crippen LogP) is 3.29. The molecule has 2 aliphatic rings. The normalized spacial score (nSPS) is 23.1. The molecule has 6 nitrogen and oxygen atoms in total. The zero-order valence-electron chi connectivity index (χ0n) is 15.0. The first-order valence-electron chi connectivity index (χ1n) is 9.13. The van der Waals surface area contributed by atoms with E-state index in [0.717, 1.165) is 26.9 Å². The monoisotopic (exact) mass is 513 g/mol. The van der Waals surface area contributed by atoms with Gasteiger partial charge in [0, 0.05) is 27.5 Å². The van der Waals surface area contributed by atoms with Crippen LogP contribution in [0.15, 0.2) is 47.4 Å². The molecule has 1 saturated carbocycles. The highest BCUT2D eigenvalue weighted by Gasteiger charge is 2.46. The Kier molecular flexibility index (Phi) is 5.36. The molecule has 2 N–H and O–H groups in total. The number of nitrogens with one attached hydrogen (secondary N) is 1. The maximum Gasteiger partial charge on any atom is 0.303 e. The van der Waals surface area contributed by atoms with Gasteiger partial charge in [0.05, 0.1) is 4.90 Å². The number of sulfonamides is 1. The summed E-state index contributed by atoms with van der Waals surface area (Å²) in [7, 11) is -3.62. The topological polar surface area (TPSA) is 92.7 Å². The van der Waals surface area contributed by atoms with Crippen molar-refractivity contribution in [1.82, 2.24) is 4.72 Å². The Morgan fingerprint density at radius 3 is 2.64 bits per heavy atom. The van der Waals surface area contributed by atoms with Crippen molar-refractivity contribution >= 4 is 38.6 Å². The molecule has 1 aliphatic heterocycles. The number of aliphatic carboxylic acids is 1. The SMILES string of the molecule is O=C(O)CCc1cccc2c1OC1CCC(NS(=O)(=O)c3ccc(I)cc3)C21. The number of carboxylic acids is 1. The summed E-state index contributed by atoms with van der Waals surface area (Å²) in [4.78, 5) is 11.2. The average molecular weight is 513 g/mol. The van der Waals surface area contributed by atoms with Gasteiger partial charge < -0.3 is 9.84 Å². The lowest BCUT2D eigenvalue weighted by Crippen LogP contribution is -2.37. The lowest BCUT2D eigenvalue weighted by molar-refractivity contribution is -0.136. The van der Waals surface area contributed by atoms with E-state index in [4.69, 9.17) is 9.84 Å². The highest BCUT2D eigenvalue weighted by atomic mass is 127. The number of carbonyl (C=O) groups is 1. The van der Waals surface area contributed by atoms with Gasteiger partial charge in [0.1, 0.15) is 11.9 Å². The second-order valence-corrected chi connectivity index (χ2v) is 10.1. The number of aryl methyl sites for hydroxylation is 1. The summed E-state index contributed by atoms with van der Waals surface area (Å²) in [6, 6.07) is 12.3. The number of rotatable bonds is 6. The Morgan fingerprint density at radius 1 is 1.18 bits per heavy atom. The molecule has 1 aliphatic carbocycles. The van der Waals surface area contributed by atoms with Crippen molar-refractivity contribution in [2.24, 2.45) is 0 Å². The van der Waals surface area contributed by atoms with Crippen LogP contribution < -0.4 is 9.46 Å². The molecule has 1 fully saturated rings. The van der Waals surface area contributed by atoms with Gasteiger partial charge in [-0.15, -0.1) is 0 Å². The van der Waals surface area contributed by atoms with E-state index in [2.05, 4.69) is 27.3 Å². The van der Waals surface area contributed by atoms with Gasteiger partial charge in [-0.05, 0) is 71.7 Å². The summed E-state index contributed by atoms with van der Waals surface area (Å²) in [6.45, 7) is 0. The molecule has 0 radical (unpaired) electrons. The molecule has 3 unspecified atom stereocenters. The van der Waals surface area contributed by atoms with Crippen molar-refractivity contribution < 1.29 is 23.1 Å². The third kappa shape index (κ3) is 3.77. The lowest BCUT2D eigenvalue weighted by Gasteiger charge is -2.19. The summed E-state index contributed by atoms with van der Waals surface area (Å²) >= 11 is 2.14. The van der Waals surface area contributed by atoms with Crippen LogP contribution in [0.3, 0.4) is 0 Å². The molecule has 28 heavy (non-hydrogen) atoms. The number of halogens is 1. The number of benzene rings is 2. The van der Waals surface area contributed by atoms with Crippen LogP contribution in [0.1, 0.15) is 36.3 Å². The second-order valence-electron chi connectivity index (χ2n) is 7.17. The fourth-order valence-corrected chi connectivity index (χ4v) is 5.78. The molecule has 0 aromatic heterocycles. The Morgan fingerprint density at radius 2 is 1.93 bits per heavy atom. The van der Waals surface area contributed by atoms with Crippen molar-refractivity contribution in [3.63, 3.8) is 0 Å². The van der Waals surface area contributed by atoms with Gasteiger partial charge in [-0.25, -0.2) is 13.1 Å². The number of fused-ring (bicyclic) bond motifs is 3. The highest BCUT2D eigenvalue weighted by Crippen LogP contribution is 2.49. The first-order valence-corrected chi connectivity index (χ1v) is 11.7. The molecule has 4 rings (SSSR count). The summed E-state index contributed by atoms with van der Waals surface area (Å²) in [5.74, 6) is -0.172. The van der Waals surface area contributed by atoms with E-state index in [1.807, 2.05) is 18.2 Å². The number of para-hydroxylation sites is 1. The van der Waals surface area contributed by atoms with Gasteiger partial charge in [0.15, 0.2) is 0 Å². The molecule has 0 bridgehead atoms. The van der Waals surface area contributed by atoms with Gasteiger partial charge in [-0.2, -0.15) is 0 Å². The Labute approximate surface area is 177 Å². The summed E-state index contributed by atoms with van der Waals surface area (Å²) in [5, 5.41) is 8.96. The third-order valence-corrected chi connectivity index (χ3v) is 7.62. The van der Waals surface area contributed by atoms with Crippen molar-refractivity contribution in [1.29, 1.82) is 0 Å². The molecule has 2 aromatic rings. The zero-order valence-corrected chi connectivity index (χ0v) is 17.9. The lowest BCUT2D eigenvalue weighted by atomic mass is 9.92. The van der Waals surface area contributed by atoms with Gasteiger partial charge >= 0.3 is 5.97 Å². The Bertz CT molecular complexity index is 1010. The van der Waals surface area contributed by atoms with Gasteiger partial charge in [-0.1, -0.05) is 18.2 Å². The van der Waals surface area contributed by atoms with Crippen LogP contribution in [-0.4, -0.2) is 31.6 Å². The maximum atomic E-state index is 12.8. The minimum atomic E-state index is -3.62. The number of hydrogen-bond donors (Lipinski definition) is 2. The molecular weight excluding hydrogens is 493 g/mol. The van der Waals surface area contributed by atoms with Gasteiger partial charge in [0.25, 0.3) is 0 Å². The van der Waals surface area contributed by atoms with Crippen LogP contribution in [0.5, 0.6) is 5.75 Å². The third-order valence-electron chi connectivity index (χ3n) is 5.39. The van der Waals surface area contributed by atoms with Crippen LogP contribution in [0.2, 0.25) is 0 Å². The average Bonchev–Trinajstić information content (AvgIpc) is 3.20. The first-order chi connectivity index (χ1) is 13.3. The molecule has 8 heteroatoms. The van der Waals surface area contributed by atoms with Crippen molar-refractivity contribution in [3.8, 4) is 5.75 Å². The van der Waals surface area contributed by atoms with Crippen LogP contribution in [0, 0.1) is 3.57 Å². The van der Waals surface area contributed by atoms with E-state index < -0.39 is 16.0 Å². The summed E-state index contributed by atoms with van der Waals surface area (Å²) in [6.07, 6.45) is 1.83. The number of carboxylic acid groups (broad SMARTS) is 1. The van der Waals surface area contributed by atoms with Crippen molar-refractivity contribution in [2.75, 3.05) is 0 Å². The Balaban J connectivity index is 1.58. The first kappa shape index (κ1) is 19.7. The Hall–Kier alpha value is -1.65. The molecule has 3 atom stereocenters. The van der Waals surface area contributed by atoms with E-state index in [1.54, 1.807) is 24.3 Å². The van der Waals surface area contributed by atoms with E-state index in [0.29, 0.717) is 12.8 Å². The van der Waals surface area contributed by atoms with Crippen molar-refractivity contribution in [3.05, 3.63) is 57.2 Å². The second kappa shape index (κ2) is 7.64. The van der Waals surface area contributed by atoms with Crippen LogP contribution in [-0.2, 0) is 21.2 Å². The molecule has 0 amide bonds. The fraction of sp³-hybridized carbons (Fsp3) is 0.350. The van der Waals surface area contributed by atoms with Crippen LogP contribution in [0.25, 0.3) is 0 Å². The molecule has 0 saturated heterocycles. The van der Waals surface area contributed by atoms with E-state index in [1.165, 1.54) is 0 Å². The quantitative estimate of drug-likeness (QED) is 0.579. The van der Waals surface area contributed by atoms with Crippen LogP contribution >= 0.6 is 22.6 Å². The predicted molar refractivity (Wildman–Crippen MR) is 112 cm³/mol. The van der Waals surface area contributed by atoms with Crippen LogP contribution in [0.4, 0.5) is 0 Å². The number of hydrogen-bond acceptors (Lipinski definition) is 4. The van der Waals surface area contributed by atoms with E-state index in [-0.39, 0.29) is 29.4 Å². The molecule has 0 spiro atoms. The summed E-state index contributed by atoms with van der Waals surface area (Å²) < 4.78 is 35.6. The summed E-state index contributed by atoms with van der Waals surface area (Å²) in [5.41, 5.74) is 1.84. The van der Waals surface area contributed by atoms with E-state index >= 15 is 0 Å². The molecule has 1 heterocycles. The van der Waals surface area contributed by atoms with Gasteiger partial charge in [-0.3, -0.25) is 4.79 Å². The van der Waals surface area contributed by atoms with Crippen molar-refractivity contribution in [2.45, 2.75) is 48.6 Å². The molecule has 148 valence electrons. The zero-order chi connectivity index (χ0) is 19.9. The smallest absolute Gasteiger partial charge is 0.303 e. The molecular formula is C20H20INO5S. The maximum absolute atomic E-state index is 12.8. The minimum Gasteiger partial charge on any atom is -0.489 e. The van der Waals surface area contributed by atoms with E-state index in [9.17, 15) is 13.2 Å². The highest BCUT2D eigenvalue weighted by molar-refractivity contribution is 14.1. The number of ether oxygens (including phenoxy) is 1. The van der Waals surface area contributed by atoms with Gasteiger partial charge in [0.2, 0.25) is 10.0 Å². The fourth-order valence-electron chi connectivity index (χ4n) is 4.13. The molecule has 2 aromatic carbocycles.